The van der Waals surface area contributed by atoms with Gasteiger partial charge in [-0.3, -0.25) is 0 Å². The van der Waals surface area contributed by atoms with Gasteiger partial charge in [0.1, 0.15) is 28.1 Å². The Kier molecular flexibility index (Phi) is 7.35. The van der Waals surface area contributed by atoms with Crippen molar-refractivity contribution in [2.45, 2.75) is 5.41 Å². The first-order chi connectivity index (χ1) is 31.1. The summed E-state index contributed by atoms with van der Waals surface area (Å²) in [5.41, 5.74) is 10.5. The van der Waals surface area contributed by atoms with Gasteiger partial charge < -0.3 is 13.7 Å². The van der Waals surface area contributed by atoms with E-state index in [1.165, 1.54) is 0 Å². The van der Waals surface area contributed by atoms with E-state index in [0.29, 0.717) is 50.0 Å². The number of nitriles is 1. The van der Waals surface area contributed by atoms with Crippen LogP contribution in [0.3, 0.4) is 0 Å². The van der Waals surface area contributed by atoms with Crippen molar-refractivity contribution < 1.29 is 13.2 Å². The van der Waals surface area contributed by atoms with E-state index >= 15 is 4.39 Å². The number of nitrogens with zero attached hydrogens (tertiary/aromatic N) is 2. The van der Waals surface area contributed by atoms with Crippen molar-refractivity contribution >= 4 is 82.5 Å². The zero-order chi connectivity index (χ0) is 41.8. The van der Waals surface area contributed by atoms with Gasteiger partial charge in [-0.2, -0.15) is 5.26 Å². The first-order valence-corrected chi connectivity index (χ1v) is 20.9. The Morgan fingerprint density at radius 2 is 1.16 bits per heavy atom. The SMILES string of the molecule is N#Cc1cc(N(c2ccc3c(c2)-c2cc#ccc2C3(c2ccccc2)c2ccccc2)c2cc(F)c3c(c2)oc2c4ccccc4ccc23)cc2oc3cc4ccccc4cc3c12. The molecule has 0 aliphatic heterocycles. The first-order valence-electron chi connectivity index (χ1n) is 20.9. The first kappa shape index (κ1) is 35.1. The summed E-state index contributed by atoms with van der Waals surface area (Å²) >= 11 is 0. The number of anilines is 3. The van der Waals surface area contributed by atoms with Crippen molar-refractivity contribution in [2.75, 3.05) is 4.90 Å². The fraction of sp³-hybridized carbons (Fsp3) is 0.0172. The third-order valence-corrected chi connectivity index (χ3v) is 13.0. The number of furan rings is 2. The van der Waals surface area contributed by atoms with Gasteiger partial charge in [-0.25, -0.2) is 4.39 Å². The van der Waals surface area contributed by atoms with Gasteiger partial charge >= 0.3 is 0 Å². The van der Waals surface area contributed by atoms with Gasteiger partial charge in [-0.1, -0.05) is 133 Å². The quantitative estimate of drug-likeness (QED) is 0.174. The smallest absolute Gasteiger partial charge is 0.143 e. The number of halogens is 1. The van der Waals surface area contributed by atoms with Crippen molar-refractivity contribution in [1.29, 1.82) is 5.26 Å². The Bertz CT molecular complexity index is 3860. The largest absolute Gasteiger partial charge is 0.456 e. The lowest BCUT2D eigenvalue weighted by molar-refractivity contribution is 0.634. The molecule has 292 valence electrons. The van der Waals surface area contributed by atoms with E-state index in [-0.39, 0.29) is 0 Å². The van der Waals surface area contributed by atoms with Crippen LogP contribution in [0.15, 0.2) is 197 Å². The van der Waals surface area contributed by atoms with Crippen molar-refractivity contribution in [2.24, 2.45) is 0 Å². The van der Waals surface area contributed by atoms with Crippen molar-refractivity contribution in [1.82, 2.24) is 0 Å². The Morgan fingerprint density at radius 1 is 0.492 bits per heavy atom. The van der Waals surface area contributed by atoms with Crippen LogP contribution in [0.1, 0.15) is 27.8 Å². The summed E-state index contributed by atoms with van der Waals surface area (Å²) in [6, 6.07) is 72.2. The molecule has 0 unspecified atom stereocenters. The highest BCUT2D eigenvalue weighted by Crippen LogP contribution is 2.57. The molecule has 0 bridgehead atoms. The lowest BCUT2D eigenvalue weighted by Crippen LogP contribution is -2.28. The number of benzene rings is 9. The maximum Gasteiger partial charge on any atom is 0.143 e. The van der Waals surface area contributed by atoms with Crippen LogP contribution in [0.4, 0.5) is 21.5 Å². The molecule has 0 N–H and O–H groups in total. The molecule has 0 spiro atoms. The van der Waals surface area contributed by atoms with E-state index in [1.807, 2.05) is 95.9 Å². The van der Waals surface area contributed by atoms with E-state index in [0.717, 1.165) is 71.4 Å². The van der Waals surface area contributed by atoms with Crippen molar-refractivity contribution in [3.8, 4) is 17.2 Å². The summed E-state index contributed by atoms with van der Waals surface area (Å²) in [7, 11) is 0. The van der Waals surface area contributed by atoms with Crippen LogP contribution in [0, 0.1) is 29.3 Å². The van der Waals surface area contributed by atoms with E-state index in [2.05, 4.69) is 109 Å². The van der Waals surface area contributed by atoms with Gasteiger partial charge in [0.15, 0.2) is 0 Å². The van der Waals surface area contributed by atoms with E-state index in [9.17, 15) is 5.26 Å². The van der Waals surface area contributed by atoms with Crippen LogP contribution in [0.25, 0.3) is 76.5 Å². The monoisotopic (exact) mass is 806 g/mol. The molecule has 13 rings (SSSR count). The van der Waals surface area contributed by atoms with Gasteiger partial charge in [-0.15, -0.1) is 0 Å². The molecule has 0 amide bonds. The maximum atomic E-state index is 17.0. The fourth-order valence-electron chi connectivity index (χ4n) is 10.4. The minimum Gasteiger partial charge on any atom is -0.456 e. The molecule has 0 radical (unpaired) electrons. The molecule has 1 aliphatic carbocycles. The fourth-order valence-corrected chi connectivity index (χ4v) is 10.4. The van der Waals surface area contributed by atoms with Gasteiger partial charge in [0, 0.05) is 39.4 Å². The molecule has 0 fully saturated rings. The highest BCUT2D eigenvalue weighted by atomic mass is 19.1. The third-order valence-electron chi connectivity index (χ3n) is 13.0. The van der Waals surface area contributed by atoms with Crippen LogP contribution in [-0.4, -0.2) is 0 Å². The molecule has 63 heavy (non-hydrogen) atoms. The third kappa shape index (κ3) is 4.97. The number of hydrogen-bond acceptors (Lipinski definition) is 4. The predicted octanol–water partition coefficient (Wildman–Crippen LogP) is 15.2. The Labute approximate surface area is 360 Å². The molecule has 0 atom stereocenters. The zero-order valence-electron chi connectivity index (χ0n) is 33.5. The Morgan fingerprint density at radius 3 is 1.92 bits per heavy atom. The molecule has 12 aromatic rings. The maximum absolute atomic E-state index is 17.0. The van der Waals surface area contributed by atoms with E-state index in [1.54, 1.807) is 6.07 Å². The zero-order valence-corrected chi connectivity index (χ0v) is 33.5. The second-order valence-electron chi connectivity index (χ2n) is 16.3. The average Bonchev–Trinajstić information content (AvgIpc) is 3.99. The van der Waals surface area contributed by atoms with E-state index in [4.69, 9.17) is 8.83 Å². The molecule has 4 nitrogen and oxygen atoms in total. The average molecular weight is 807 g/mol. The molecule has 0 saturated carbocycles. The summed E-state index contributed by atoms with van der Waals surface area (Å²) in [5, 5.41) is 17.6. The minimum atomic E-state index is -0.644. The normalized spacial score (nSPS) is 12.8. The van der Waals surface area contributed by atoms with Gasteiger partial charge in [-0.05, 0) is 104 Å². The summed E-state index contributed by atoms with van der Waals surface area (Å²) in [6.07, 6.45) is 0. The Balaban J connectivity index is 1.09. The number of rotatable bonds is 5. The van der Waals surface area contributed by atoms with Crippen LogP contribution in [0.2, 0.25) is 0 Å². The molecular weight excluding hydrogens is 776 g/mol. The number of fused-ring (bicyclic) bond motifs is 12. The second kappa shape index (κ2) is 13.2. The molecule has 0 saturated heterocycles. The molecule has 5 heteroatoms. The second-order valence-corrected chi connectivity index (χ2v) is 16.3. The highest BCUT2D eigenvalue weighted by Gasteiger charge is 2.46. The highest BCUT2D eigenvalue weighted by molar-refractivity contribution is 6.16. The van der Waals surface area contributed by atoms with Gasteiger partial charge in [0.25, 0.3) is 0 Å². The van der Waals surface area contributed by atoms with Crippen LogP contribution < -0.4 is 4.90 Å². The van der Waals surface area contributed by atoms with Crippen LogP contribution in [-0.2, 0) is 5.41 Å². The Hall–Kier alpha value is -8.64. The van der Waals surface area contributed by atoms with E-state index < -0.39 is 11.2 Å². The topological polar surface area (TPSA) is 53.3 Å². The summed E-state index contributed by atoms with van der Waals surface area (Å²) in [5.74, 6) is -0.414. The predicted molar refractivity (Wildman–Crippen MR) is 250 cm³/mol. The van der Waals surface area contributed by atoms with Crippen molar-refractivity contribution in [3.05, 3.63) is 234 Å². The minimum absolute atomic E-state index is 0.414. The van der Waals surface area contributed by atoms with Crippen LogP contribution in [0.5, 0.6) is 0 Å². The van der Waals surface area contributed by atoms with Crippen molar-refractivity contribution in [3.63, 3.8) is 0 Å². The standard InChI is InChI=1S/C58H31FN2O2/c59-51-31-43(33-54-56(51)46-25-23-35-13-9-10-20-44(35)57(46)63-54)61(42-27-38(34-60)55-48-28-36-14-7-8-15-37(36)29-52(48)62-53(55)32-42)41-24-26-50-47(30-41)45-21-11-12-22-49(45)58(50,39-16-3-1-4-17-39)40-18-5-2-6-19-40/h1-10,13-33H. The lowest BCUT2D eigenvalue weighted by atomic mass is 9.68. The molecule has 10 aromatic carbocycles. The van der Waals surface area contributed by atoms with Crippen LogP contribution >= 0.6 is 0 Å². The summed E-state index contributed by atoms with van der Waals surface area (Å²) < 4.78 is 30.2. The van der Waals surface area contributed by atoms with Gasteiger partial charge in [0.2, 0.25) is 0 Å². The molecular formula is C58H31FN2O2. The van der Waals surface area contributed by atoms with Gasteiger partial charge in [0.05, 0.1) is 33.8 Å². The summed E-state index contributed by atoms with van der Waals surface area (Å²) in [6.45, 7) is 0. The molecule has 2 heterocycles. The number of hydrogen-bond donors (Lipinski definition) is 0. The molecule has 2 aromatic heterocycles. The molecule has 1 aliphatic rings. The lowest BCUT2D eigenvalue weighted by Gasteiger charge is -2.34. The summed E-state index contributed by atoms with van der Waals surface area (Å²) in [4.78, 5) is 2.00.